The Kier molecular flexibility index (Phi) is 6.98. The second-order valence-electron chi connectivity index (χ2n) is 7.59. The fourth-order valence-corrected chi connectivity index (χ4v) is 4.11. The van der Waals surface area contributed by atoms with Gasteiger partial charge in [-0.3, -0.25) is 4.79 Å². The van der Waals surface area contributed by atoms with E-state index < -0.39 is 12.0 Å². The van der Waals surface area contributed by atoms with Crippen LogP contribution in [0.4, 0.5) is 16.3 Å². The van der Waals surface area contributed by atoms with Crippen molar-refractivity contribution in [3.63, 3.8) is 0 Å². The number of rotatable bonds is 7. The van der Waals surface area contributed by atoms with E-state index >= 15 is 0 Å². The van der Waals surface area contributed by atoms with Crippen molar-refractivity contribution in [3.8, 4) is 11.3 Å². The van der Waals surface area contributed by atoms with Crippen molar-refractivity contribution in [2.75, 3.05) is 24.3 Å². The van der Waals surface area contributed by atoms with Gasteiger partial charge in [-0.05, 0) is 43.7 Å². The summed E-state index contributed by atoms with van der Waals surface area (Å²) in [4.78, 5) is 36.6. The van der Waals surface area contributed by atoms with E-state index in [4.69, 9.17) is 4.74 Å². The van der Waals surface area contributed by atoms with Gasteiger partial charge in [0, 0.05) is 24.4 Å². The summed E-state index contributed by atoms with van der Waals surface area (Å²) in [6.45, 7) is 3.51. The highest BCUT2D eigenvalue weighted by Crippen LogP contribution is 2.28. The average molecular weight is 477 g/mol. The first-order valence-corrected chi connectivity index (χ1v) is 11.5. The van der Waals surface area contributed by atoms with Gasteiger partial charge >= 0.3 is 6.09 Å². The standard InChI is InChI=1S/C24H24N6O3S/c1-14(16-5-4-6-18(9-16)30-23(31)12-33-24(32)25-3)27-22-11-20(28-15(2)29-22)17-7-8-19-21(10-17)34-13-26-19/h4-11,13-14H,12H2,1-3H3,(H,25,32)(H,30,31)(H,27,28,29). The number of hydrogen-bond donors (Lipinski definition) is 3. The topological polar surface area (TPSA) is 118 Å². The SMILES string of the molecule is CNC(=O)OCC(=O)Nc1cccc(C(C)Nc2cc(-c3ccc4ncsc4c3)nc(C)n2)c1. The van der Waals surface area contributed by atoms with Crippen molar-refractivity contribution in [3.05, 3.63) is 65.4 Å². The molecule has 0 fully saturated rings. The Morgan fingerprint density at radius 3 is 2.79 bits per heavy atom. The summed E-state index contributed by atoms with van der Waals surface area (Å²) in [6, 6.07) is 15.4. The quantitative estimate of drug-likeness (QED) is 0.359. The molecule has 0 aliphatic rings. The molecular formula is C24H24N6O3S. The molecule has 2 heterocycles. The number of hydrogen-bond acceptors (Lipinski definition) is 8. The van der Waals surface area contributed by atoms with E-state index in [9.17, 15) is 9.59 Å². The maximum atomic E-state index is 12.0. The van der Waals surface area contributed by atoms with Crippen molar-refractivity contribution in [2.24, 2.45) is 0 Å². The molecule has 0 bridgehead atoms. The Bertz CT molecular complexity index is 1340. The maximum Gasteiger partial charge on any atom is 0.407 e. The number of nitrogens with zero attached hydrogens (tertiary/aromatic N) is 3. The summed E-state index contributed by atoms with van der Waals surface area (Å²) in [5.74, 6) is 0.942. The zero-order chi connectivity index (χ0) is 24.1. The second-order valence-corrected chi connectivity index (χ2v) is 8.47. The number of benzene rings is 2. The minimum Gasteiger partial charge on any atom is -0.439 e. The Morgan fingerprint density at radius 2 is 1.97 bits per heavy atom. The van der Waals surface area contributed by atoms with Gasteiger partial charge in [-0.25, -0.2) is 19.7 Å². The van der Waals surface area contributed by atoms with Crippen LogP contribution in [0.15, 0.2) is 54.0 Å². The lowest BCUT2D eigenvalue weighted by Crippen LogP contribution is -2.26. The molecule has 4 rings (SSSR count). The van der Waals surface area contributed by atoms with Crippen molar-refractivity contribution >= 4 is 45.1 Å². The van der Waals surface area contributed by atoms with E-state index in [2.05, 4.69) is 37.0 Å². The van der Waals surface area contributed by atoms with E-state index in [1.807, 2.05) is 55.8 Å². The van der Waals surface area contributed by atoms with Gasteiger partial charge in [-0.1, -0.05) is 18.2 Å². The van der Waals surface area contributed by atoms with Crippen LogP contribution in [0.5, 0.6) is 0 Å². The zero-order valence-corrected chi connectivity index (χ0v) is 19.8. The fraction of sp³-hybridized carbons (Fsp3) is 0.208. The largest absolute Gasteiger partial charge is 0.439 e. The molecule has 0 spiro atoms. The van der Waals surface area contributed by atoms with E-state index in [0.29, 0.717) is 17.3 Å². The Hall–Kier alpha value is -4.05. The summed E-state index contributed by atoms with van der Waals surface area (Å²) in [5, 5.41) is 8.44. The number of aryl methyl sites for hydroxylation is 1. The number of nitrogens with one attached hydrogen (secondary N) is 3. The molecule has 3 N–H and O–H groups in total. The normalized spacial score (nSPS) is 11.6. The first-order valence-electron chi connectivity index (χ1n) is 10.6. The van der Waals surface area contributed by atoms with Gasteiger partial charge in [0.15, 0.2) is 6.61 Å². The molecule has 0 aliphatic heterocycles. The van der Waals surface area contributed by atoms with Crippen LogP contribution in [0, 0.1) is 6.92 Å². The number of thiazole rings is 1. The minimum atomic E-state index is -0.659. The molecule has 0 saturated heterocycles. The number of fused-ring (bicyclic) bond motifs is 1. The molecule has 9 nitrogen and oxygen atoms in total. The number of alkyl carbamates (subject to hydrolysis) is 1. The predicted molar refractivity (Wildman–Crippen MR) is 133 cm³/mol. The van der Waals surface area contributed by atoms with Gasteiger partial charge in [0.05, 0.1) is 27.5 Å². The van der Waals surface area contributed by atoms with Gasteiger partial charge in [0.25, 0.3) is 5.91 Å². The summed E-state index contributed by atoms with van der Waals surface area (Å²) in [5.41, 5.74) is 6.19. The smallest absolute Gasteiger partial charge is 0.407 e. The Labute approximate surface area is 200 Å². The number of anilines is 2. The first-order chi connectivity index (χ1) is 16.4. The summed E-state index contributed by atoms with van der Waals surface area (Å²) in [6.07, 6.45) is -0.659. The molecule has 2 amide bonds. The highest BCUT2D eigenvalue weighted by atomic mass is 32.1. The molecular weight excluding hydrogens is 452 g/mol. The second kappa shape index (κ2) is 10.3. The van der Waals surface area contributed by atoms with Crippen LogP contribution >= 0.6 is 11.3 Å². The number of amides is 2. The molecule has 1 unspecified atom stereocenters. The van der Waals surface area contributed by atoms with E-state index in [1.54, 1.807) is 17.4 Å². The lowest BCUT2D eigenvalue weighted by molar-refractivity contribution is -0.118. The number of carbonyl (C=O) groups excluding carboxylic acids is 2. The minimum absolute atomic E-state index is 0.0925. The van der Waals surface area contributed by atoms with Gasteiger partial charge in [-0.15, -0.1) is 11.3 Å². The Balaban J connectivity index is 1.47. The third-order valence-corrected chi connectivity index (χ3v) is 5.83. The fourth-order valence-electron chi connectivity index (χ4n) is 3.40. The first kappa shape index (κ1) is 23.1. The monoisotopic (exact) mass is 476 g/mol. The highest BCUT2D eigenvalue weighted by molar-refractivity contribution is 7.16. The van der Waals surface area contributed by atoms with Crippen LogP contribution in [0.2, 0.25) is 0 Å². The molecule has 0 saturated carbocycles. The molecule has 10 heteroatoms. The molecule has 0 aliphatic carbocycles. The van der Waals surface area contributed by atoms with Crippen molar-refractivity contribution in [1.29, 1.82) is 0 Å². The van der Waals surface area contributed by atoms with Crippen molar-refractivity contribution in [1.82, 2.24) is 20.3 Å². The molecule has 1 atom stereocenters. The van der Waals surface area contributed by atoms with E-state index in [-0.39, 0.29) is 12.6 Å². The Morgan fingerprint density at radius 1 is 1.12 bits per heavy atom. The van der Waals surface area contributed by atoms with Crippen molar-refractivity contribution in [2.45, 2.75) is 19.9 Å². The molecule has 2 aromatic heterocycles. The lowest BCUT2D eigenvalue weighted by Gasteiger charge is -2.17. The van der Waals surface area contributed by atoms with Gasteiger partial charge in [-0.2, -0.15) is 0 Å². The summed E-state index contributed by atoms with van der Waals surface area (Å²) < 4.78 is 5.88. The number of carbonyl (C=O) groups is 2. The number of ether oxygens (including phenoxy) is 1. The molecule has 4 aromatic rings. The van der Waals surface area contributed by atoms with Crippen LogP contribution in [0.1, 0.15) is 24.4 Å². The van der Waals surface area contributed by atoms with Crippen LogP contribution in [-0.4, -0.2) is 40.6 Å². The van der Waals surface area contributed by atoms with Crippen LogP contribution in [-0.2, 0) is 9.53 Å². The van der Waals surface area contributed by atoms with Crippen LogP contribution < -0.4 is 16.0 Å². The van der Waals surface area contributed by atoms with Gasteiger partial charge < -0.3 is 20.7 Å². The maximum absolute atomic E-state index is 12.0. The molecule has 0 radical (unpaired) electrons. The lowest BCUT2D eigenvalue weighted by atomic mass is 10.1. The highest BCUT2D eigenvalue weighted by Gasteiger charge is 2.12. The molecule has 174 valence electrons. The van der Waals surface area contributed by atoms with Gasteiger partial charge in [0.2, 0.25) is 0 Å². The zero-order valence-electron chi connectivity index (χ0n) is 19.0. The van der Waals surface area contributed by atoms with E-state index in [0.717, 1.165) is 27.0 Å². The number of aromatic nitrogens is 3. The predicted octanol–water partition coefficient (Wildman–Crippen LogP) is 4.53. The molecule has 34 heavy (non-hydrogen) atoms. The summed E-state index contributed by atoms with van der Waals surface area (Å²) in [7, 11) is 1.43. The van der Waals surface area contributed by atoms with Crippen LogP contribution in [0.3, 0.4) is 0 Å². The molecule has 2 aromatic carbocycles. The van der Waals surface area contributed by atoms with Gasteiger partial charge in [0.1, 0.15) is 11.6 Å². The third-order valence-electron chi connectivity index (χ3n) is 5.04. The average Bonchev–Trinajstić information content (AvgIpc) is 3.30. The van der Waals surface area contributed by atoms with Crippen molar-refractivity contribution < 1.29 is 14.3 Å². The van der Waals surface area contributed by atoms with Crippen LogP contribution in [0.25, 0.3) is 21.5 Å². The third kappa shape index (κ3) is 5.65. The van der Waals surface area contributed by atoms with E-state index in [1.165, 1.54) is 7.05 Å². The summed E-state index contributed by atoms with van der Waals surface area (Å²) >= 11 is 1.60.